The number of likely N-dealkylation sites (tertiary alicyclic amines) is 1. The van der Waals surface area contributed by atoms with Crippen molar-refractivity contribution in [2.75, 3.05) is 13.1 Å². The number of benzene rings is 1. The Hall–Kier alpha value is -1.35. The first kappa shape index (κ1) is 13.1. The summed E-state index contributed by atoms with van der Waals surface area (Å²) in [6, 6.07) is 7.36. The third-order valence-electron chi connectivity index (χ3n) is 4.00. The molecule has 2 N–H and O–H groups in total. The molecule has 3 nitrogen and oxygen atoms in total. The quantitative estimate of drug-likeness (QED) is 0.868. The Morgan fingerprint density at radius 1 is 1.22 bits per heavy atom. The number of nitrogens with two attached hydrogens (primary N) is 1. The summed E-state index contributed by atoms with van der Waals surface area (Å²) in [4.78, 5) is 14.2. The largest absolute Gasteiger partial charge is 0.340 e. The highest BCUT2D eigenvalue weighted by Crippen LogP contribution is 2.25. The lowest BCUT2D eigenvalue weighted by molar-refractivity contribution is -0.131. The smallest absolute Gasteiger partial charge is 0.244 e. The van der Waals surface area contributed by atoms with Gasteiger partial charge in [0.1, 0.15) is 6.04 Å². The summed E-state index contributed by atoms with van der Waals surface area (Å²) in [6.07, 6.45) is 0. The molecular formula is C15H22N2O. The van der Waals surface area contributed by atoms with Crippen LogP contribution >= 0.6 is 0 Å². The summed E-state index contributed by atoms with van der Waals surface area (Å²) in [5, 5.41) is 0. The van der Waals surface area contributed by atoms with Crippen LogP contribution in [0.2, 0.25) is 0 Å². The Labute approximate surface area is 109 Å². The van der Waals surface area contributed by atoms with Gasteiger partial charge in [0.2, 0.25) is 5.91 Å². The topological polar surface area (TPSA) is 46.3 Å². The number of hydrogen-bond donors (Lipinski definition) is 1. The average Bonchev–Trinajstić information content (AvgIpc) is 2.69. The van der Waals surface area contributed by atoms with Crippen molar-refractivity contribution < 1.29 is 4.79 Å². The predicted octanol–water partition coefficient (Wildman–Crippen LogP) is 2.11. The fourth-order valence-corrected chi connectivity index (χ4v) is 2.42. The highest BCUT2D eigenvalue weighted by Gasteiger charge is 2.32. The van der Waals surface area contributed by atoms with Crippen molar-refractivity contribution in [3.8, 4) is 0 Å². The molecule has 0 spiro atoms. The van der Waals surface area contributed by atoms with E-state index in [9.17, 15) is 4.79 Å². The lowest BCUT2D eigenvalue weighted by Crippen LogP contribution is -2.37. The summed E-state index contributed by atoms with van der Waals surface area (Å²) in [7, 11) is 0. The SMILES string of the molecule is Cc1ccc(C(N)C(=O)N2CC(C)C(C)C2)cc1. The molecular weight excluding hydrogens is 224 g/mol. The van der Waals surface area contributed by atoms with E-state index in [0.717, 1.165) is 18.7 Å². The first-order chi connectivity index (χ1) is 8.49. The second kappa shape index (κ2) is 5.11. The molecule has 0 bridgehead atoms. The van der Waals surface area contributed by atoms with Gasteiger partial charge in [-0.2, -0.15) is 0 Å². The van der Waals surface area contributed by atoms with Crippen molar-refractivity contribution in [1.29, 1.82) is 0 Å². The number of carbonyl (C=O) groups is 1. The van der Waals surface area contributed by atoms with Gasteiger partial charge in [0, 0.05) is 13.1 Å². The second-order valence-electron chi connectivity index (χ2n) is 5.59. The number of nitrogens with zero attached hydrogens (tertiary/aromatic N) is 1. The van der Waals surface area contributed by atoms with Gasteiger partial charge in [0.05, 0.1) is 0 Å². The molecule has 0 radical (unpaired) electrons. The van der Waals surface area contributed by atoms with Crippen LogP contribution in [0.1, 0.15) is 31.0 Å². The third kappa shape index (κ3) is 2.56. The number of hydrogen-bond acceptors (Lipinski definition) is 2. The summed E-state index contributed by atoms with van der Waals surface area (Å²) in [5.41, 5.74) is 8.15. The van der Waals surface area contributed by atoms with Gasteiger partial charge in [-0.1, -0.05) is 43.7 Å². The summed E-state index contributed by atoms with van der Waals surface area (Å²) in [6.45, 7) is 8.07. The first-order valence-electron chi connectivity index (χ1n) is 6.60. The van der Waals surface area contributed by atoms with Gasteiger partial charge in [0.15, 0.2) is 0 Å². The van der Waals surface area contributed by atoms with E-state index in [4.69, 9.17) is 5.73 Å². The van der Waals surface area contributed by atoms with Gasteiger partial charge in [-0.15, -0.1) is 0 Å². The van der Waals surface area contributed by atoms with E-state index in [1.165, 1.54) is 5.56 Å². The minimum Gasteiger partial charge on any atom is -0.340 e. The molecule has 3 unspecified atom stereocenters. The van der Waals surface area contributed by atoms with Crippen molar-refractivity contribution in [1.82, 2.24) is 4.90 Å². The van der Waals surface area contributed by atoms with Gasteiger partial charge in [-0.25, -0.2) is 0 Å². The summed E-state index contributed by atoms with van der Waals surface area (Å²) in [5.74, 6) is 1.19. The average molecular weight is 246 g/mol. The molecule has 0 aromatic heterocycles. The summed E-state index contributed by atoms with van der Waals surface area (Å²) >= 11 is 0. The maximum Gasteiger partial charge on any atom is 0.244 e. The van der Waals surface area contributed by atoms with E-state index in [1.54, 1.807) is 0 Å². The van der Waals surface area contributed by atoms with Crippen LogP contribution in [-0.4, -0.2) is 23.9 Å². The van der Waals surface area contributed by atoms with Crippen LogP contribution in [0, 0.1) is 18.8 Å². The van der Waals surface area contributed by atoms with Crippen molar-refractivity contribution in [3.63, 3.8) is 0 Å². The Morgan fingerprint density at radius 2 is 1.72 bits per heavy atom. The number of aryl methyl sites for hydroxylation is 1. The Balaban J connectivity index is 2.07. The maximum absolute atomic E-state index is 12.3. The third-order valence-corrected chi connectivity index (χ3v) is 4.00. The molecule has 1 saturated heterocycles. The van der Waals surface area contributed by atoms with Gasteiger partial charge in [0.25, 0.3) is 0 Å². The number of rotatable bonds is 2. The molecule has 0 aliphatic carbocycles. The van der Waals surface area contributed by atoms with Crippen LogP contribution in [-0.2, 0) is 4.79 Å². The van der Waals surface area contributed by atoms with Gasteiger partial charge in [-0.3, -0.25) is 4.79 Å². The van der Waals surface area contributed by atoms with Crippen LogP contribution in [0.4, 0.5) is 0 Å². The lowest BCUT2D eigenvalue weighted by atomic mass is 10.0. The molecule has 3 heteroatoms. The molecule has 1 heterocycles. The highest BCUT2D eigenvalue weighted by atomic mass is 16.2. The van der Waals surface area contributed by atoms with Gasteiger partial charge in [-0.05, 0) is 24.3 Å². The molecule has 1 aliphatic rings. The maximum atomic E-state index is 12.3. The zero-order valence-electron chi connectivity index (χ0n) is 11.4. The van der Waals surface area contributed by atoms with Crippen molar-refractivity contribution in [3.05, 3.63) is 35.4 Å². The fourth-order valence-electron chi connectivity index (χ4n) is 2.42. The monoisotopic (exact) mass is 246 g/mol. The fraction of sp³-hybridized carbons (Fsp3) is 0.533. The molecule has 1 aliphatic heterocycles. The predicted molar refractivity (Wildman–Crippen MR) is 73.0 cm³/mol. The minimum atomic E-state index is -0.525. The Morgan fingerprint density at radius 3 is 2.22 bits per heavy atom. The molecule has 98 valence electrons. The van der Waals surface area contributed by atoms with Crippen LogP contribution in [0.25, 0.3) is 0 Å². The lowest BCUT2D eigenvalue weighted by Gasteiger charge is -2.21. The molecule has 18 heavy (non-hydrogen) atoms. The number of carbonyl (C=O) groups excluding carboxylic acids is 1. The van der Waals surface area contributed by atoms with Crippen LogP contribution in [0.5, 0.6) is 0 Å². The standard InChI is InChI=1S/C15H22N2O/c1-10-4-6-13(7-5-10)14(16)15(18)17-8-11(2)12(3)9-17/h4-7,11-12,14H,8-9,16H2,1-3H3. The number of amides is 1. The zero-order valence-corrected chi connectivity index (χ0v) is 11.4. The Bertz CT molecular complexity index is 417. The van der Waals surface area contributed by atoms with E-state index < -0.39 is 6.04 Å². The Kier molecular flexibility index (Phi) is 3.71. The van der Waals surface area contributed by atoms with E-state index in [2.05, 4.69) is 13.8 Å². The zero-order chi connectivity index (χ0) is 13.3. The van der Waals surface area contributed by atoms with Crippen molar-refractivity contribution >= 4 is 5.91 Å². The normalized spacial score (nSPS) is 25.2. The molecule has 1 amide bonds. The molecule has 3 atom stereocenters. The van der Waals surface area contributed by atoms with Crippen molar-refractivity contribution in [2.45, 2.75) is 26.8 Å². The van der Waals surface area contributed by atoms with E-state index in [1.807, 2.05) is 36.1 Å². The highest BCUT2D eigenvalue weighted by molar-refractivity contribution is 5.83. The molecule has 1 aromatic rings. The van der Waals surface area contributed by atoms with Crippen LogP contribution in [0.3, 0.4) is 0 Å². The van der Waals surface area contributed by atoms with Gasteiger partial charge < -0.3 is 10.6 Å². The molecule has 2 rings (SSSR count). The first-order valence-corrected chi connectivity index (χ1v) is 6.60. The van der Waals surface area contributed by atoms with E-state index >= 15 is 0 Å². The minimum absolute atomic E-state index is 0.0510. The summed E-state index contributed by atoms with van der Waals surface area (Å²) < 4.78 is 0. The molecule has 1 aromatic carbocycles. The second-order valence-corrected chi connectivity index (χ2v) is 5.59. The van der Waals surface area contributed by atoms with E-state index in [0.29, 0.717) is 11.8 Å². The molecule has 1 fully saturated rings. The van der Waals surface area contributed by atoms with Gasteiger partial charge >= 0.3 is 0 Å². The van der Waals surface area contributed by atoms with Crippen molar-refractivity contribution in [2.24, 2.45) is 17.6 Å². The van der Waals surface area contributed by atoms with Crippen LogP contribution < -0.4 is 5.73 Å². The van der Waals surface area contributed by atoms with Crippen LogP contribution in [0.15, 0.2) is 24.3 Å². The molecule has 0 saturated carbocycles. The van der Waals surface area contributed by atoms with E-state index in [-0.39, 0.29) is 5.91 Å².